The Kier molecular flexibility index (Phi) is 5.38. The van der Waals surface area contributed by atoms with Gasteiger partial charge in [0.2, 0.25) is 0 Å². The molecule has 0 aliphatic heterocycles. The summed E-state index contributed by atoms with van der Waals surface area (Å²) in [5.41, 5.74) is 2.38. The van der Waals surface area contributed by atoms with Crippen molar-refractivity contribution < 1.29 is 9.90 Å². The van der Waals surface area contributed by atoms with Gasteiger partial charge in [0.25, 0.3) is 0 Å². The first-order valence-corrected chi connectivity index (χ1v) is 7.93. The van der Waals surface area contributed by atoms with Gasteiger partial charge in [-0.05, 0) is 17.7 Å². The van der Waals surface area contributed by atoms with Crippen LogP contribution in [0.5, 0.6) is 0 Å². The van der Waals surface area contributed by atoms with Crippen LogP contribution in [0.25, 0.3) is 5.69 Å². The number of urea groups is 1. The van der Waals surface area contributed by atoms with Crippen molar-refractivity contribution in [3.63, 3.8) is 0 Å². The molecule has 0 radical (unpaired) electrons. The SMILES string of the molecule is O=C(NCc1cn(-c2ccccc2)nn1)N[C@@H](CO)c1ccccc1. The maximum atomic E-state index is 12.0. The maximum Gasteiger partial charge on any atom is 0.315 e. The Labute approximate surface area is 145 Å². The highest BCUT2D eigenvalue weighted by molar-refractivity contribution is 5.74. The molecule has 2 aromatic carbocycles. The highest BCUT2D eigenvalue weighted by Crippen LogP contribution is 2.11. The van der Waals surface area contributed by atoms with Gasteiger partial charge in [-0.25, -0.2) is 9.48 Å². The Bertz CT molecular complexity index is 805. The Morgan fingerprint density at radius 1 is 1.08 bits per heavy atom. The monoisotopic (exact) mass is 337 g/mol. The van der Waals surface area contributed by atoms with Crippen LogP contribution < -0.4 is 10.6 Å². The van der Waals surface area contributed by atoms with E-state index in [9.17, 15) is 9.90 Å². The van der Waals surface area contributed by atoms with Gasteiger partial charge in [0.1, 0.15) is 5.69 Å². The molecule has 25 heavy (non-hydrogen) atoms. The van der Waals surface area contributed by atoms with Gasteiger partial charge in [0, 0.05) is 0 Å². The topological polar surface area (TPSA) is 92.1 Å². The minimum Gasteiger partial charge on any atom is -0.394 e. The third kappa shape index (κ3) is 4.42. The second-order valence-corrected chi connectivity index (χ2v) is 5.46. The summed E-state index contributed by atoms with van der Waals surface area (Å²) in [5, 5.41) is 23.0. The number of nitrogens with zero attached hydrogens (tertiary/aromatic N) is 3. The van der Waals surface area contributed by atoms with Crippen molar-refractivity contribution in [2.24, 2.45) is 0 Å². The molecular formula is C18H19N5O2. The smallest absolute Gasteiger partial charge is 0.315 e. The van der Waals surface area contributed by atoms with E-state index in [4.69, 9.17) is 0 Å². The highest BCUT2D eigenvalue weighted by Gasteiger charge is 2.13. The first-order valence-electron chi connectivity index (χ1n) is 7.93. The summed E-state index contributed by atoms with van der Waals surface area (Å²) in [7, 11) is 0. The van der Waals surface area contributed by atoms with Crippen LogP contribution in [0, 0.1) is 0 Å². The van der Waals surface area contributed by atoms with Crippen LogP contribution in [0.15, 0.2) is 66.9 Å². The van der Waals surface area contributed by atoms with E-state index in [1.165, 1.54) is 0 Å². The first-order chi connectivity index (χ1) is 12.3. The summed E-state index contributed by atoms with van der Waals surface area (Å²) in [6, 6.07) is 18.1. The molecule has 7 heteroatoms. The van der Waals surface area contributed by atoms with E-state index >= 15 is 0 Å². The van der Waals surface area contributed by atoms with E-state index in [1.54, 1.807) is 10.9 Å². The molecule has 128 valence electrons. The molecule has 0 aliphatic carbocycles. The summed E-state index contributed by atoms with van der Waals surface area (Å²) in [6.45, 7) is 0.0627. The molecule has 1 atom stereocenters. The number of nitrogens with one attached hydrogen (secondary N) is 2. The van der Waals surface area contributed by atoms with Crippen LogP contribution in [0.2, 0.25) is 0 Å². The Morgan fingerprint density at radius 2 is 1.76 bits per heavy atom. The Balaban J connectivity index is 1.55. The molecule has 0 bridgehead atoms. The van der Waals surface area contributed by atoms with Crippen molar-refractivity contribution in [2.45, 2.75) is 12.6 Å². The number of aliphatic hydroxyl groups excluding tert-OH is 1. The largest absolute Gasteiger partial charge is 0.394 e. The number of benzene rings is 2. The lowest BCUT2D eigenvalue weighted by atomic mass is 10.1. The van der Waals surface area contributed by atoms with Gasteiger partial charge < -0.3 is 15.7 Å². The fourth-order valence-electron chi connectivity index (χ4n) is 2.39. The number of carbonyl (C=O) groups is 1. The molecule has 2 amide bonds. The minimum atomic E-state index is -0.457. The molecule has 0 spiro atoms. The van der Waals surface area contributed by atoms with E-state index < -0.39 is 6.04 Å². The zero-order valence-electron chi connectivity index (χ0n) is 13.5. The molecule has 1 heterocycles. The first kappa shape index (κ1) is 16.7. The van der Waals surface area contributed by atoms with Crippen molar-refractivity contribution in [1.29, 1.82) is 0 Å². The van der Waals surface area contributed by atoms with Gasteiger partial charge in [-0.1, -0.05) is 53.7 Å². The van der Waals surface area contributed by atoms with Crippen LogP contribution in [-0.4, -0.2) is 32.7 Å². The van der Waals surface area contributed by atoms with E-state index in [-0.39, 0.29) is 19.2 Å². The van der Waals surface area contributed by atoms with Crippen molar-refractivity contribution in [3.05, 3.63) is 78.1 Å². The van der Waals surface area contributed by atoms with Crippen molar-refractivity contribution in [1.82, 2.24) is 25.6 Å². The number of para-hydroxylation sites is 1. The second-order valence-electron chi connectivity index (χ2n) is 5.46. The number of rotatable bonds is 6. The average molecular weight is 337 g/mol. The van der Waals surface area contributed by atoms with Gasteiger partial charge >= 0.3 is 6.03 Å². The van der Waals surface area contributed by atoms with Crippen LogP contribution in [0.1, 0.15) is 17.3 Å². The molecule has 3 aromatic rings. The summed E-state index contributed by atoms with van der Waals surface area (Å²) in [6.07, 6.45) is 1.76. The number of hydrogen-bond acceptors (Lipinski definition) is 4. The molecule has 1 aromatic heterocycles. The number of amides is 2. The van der Waals surface area contributed by atoms with E-state index in [0.717, 1.165) is 11.3 Å². The fourth-order valence-corrected chi connectivity index (χ4v) is 2.39. The summed E-state index contributed by atoms with van der Waals surface area (Å²) < 4.78 is 1.65. The van der Waals surface area contributed by atoms with Gasteiger partial charge in [-0.3, -0.25) is 0 Å². The third-order valence-corrected chi connectivity index (χ3v) is 3.68. The van der Waals surface area contributed by atoms with E-state index in [0.29, 0.717) is 5.69 Å². The Morgan fingerprint density at radius 3 is 2.44 bits per heavy atom. The predicted octanol–water partition coefficient (Wildman–Crippen LogP) is 1.80. The van der Waals surface area contributed by atoms with Crippen LogP contribution in [0.4, 0.5) is 4.79 Å². The molecular weight excluding hydrogens is 318 g/mol. The molecule has 3 N–H and O–H groups in total. The second kappa shape index (κ2) is 8.07. The van der Waals surface area contributed by atoms with Crippen molar-refractivity contribution >= 4 is 6.03 Å². The lowest BCUT2D eigenvalue weighted by Gasteiger charge is -2.16. The standard InChI is InChI=1S/C18H19N5O2/c24-13-17(14-7-3-1-4-8-14)20-18(25)19-11-15-12-23(22-21-15)16-9-5-2-6-10-16/h1-10,12,17,24H,11,13H2,(H2,19,20,25)/t17-/m0/s1. The molecule has 0 unspecified atom stereocenters. The lowest BCUT2D eigenvalue weighted by molar-refractivity contribution is 0.216. The molecule has 7 nitrogen and oxygen atoms in total. The Hall–Kier alpha value is -3.19. The number of carbonyl (C=O) groups excluding carboxylic acids is 1. The number of aromatic nitrogens is 3. The number of aliphatic hydroxyl groups is 1. The molecule has 3 rings (SSSR count). The van der Waals surface area contributed by atoms with Crippen molar-refractivity contribution in [3.8, 4) is 5.69 Å². The van der Waals surface area contributed by atoms with Gasteiger partial charge in [0.05, 0.1) is 31.1 Å². The lowest BCUT2D eigenvalue weighted by Crippen LogP contribution is -2.38. The highest BCUT2D eigenvalue weighted by atomic mass is 16.3. The maximum absolute atomic E-state index is 12.0. The quantitative estimate of drug-likeness (QED) is 0.639. The third-order valence-electron chi connectivity index (χ3n) is 3.68. The van der Waals surface area contributed by atoms with Gasteiger partial charge in [-0.15, -0.1) is 5.10 Å². The fraction of sp³-hybridized carbons (Fsp3) is 0.167. The minimum absolute atomic E-state index is 0.179. The van der Waals surface area contributed by atoms with Gasteiger partial charge in [0.15, 0.2) is 0 Å². The van der Waals surface area contributed by atoms with E-state index in [2.05, 4.69) is 20.9 Å². The van der Waals surface area contributed by atoms with Crippen LogP contribution in [-0.2, 0) is 6.54 Å². The zero-order chi connectivity index (χ0) is 17.5. The summed E-state index contributed by atoms with van der Waals surface area (Å²) in [5.74, 6) is 0. The zero-order valence-corrected chi connectivity index (χ0v) is 13.5. The van der Waals surface area contributed by atoms with E-state index in [1.807, 2.05) is 60.7 Å². The average Bonchev–Trinajstić information content (AvgIpc) is 3.15. The van der Waals surface area contributed by atoms with Gasteiger partial charge in [-0.2, -0.15) is 0 Å². The molecule has 0 saturated carbocycles. The van der Waals surface area contributed by atoms with Crippen molar-refractivity contribution in [2.75, 3.05) is 6.61 Å². The predicted molar refractivity (Wildman–Crippen MR) is 93.0 cm³/mol. The van der Waals surface area contributed by atoms with Crippen LogP contribution in [0.3, 0.4) is 0 Å². The number of hydrogen-bond donors (Lipinski definition) is 3. The summed E-state index contributed by atoms with van der Waals surface area (Å²) >= 11 is 0. The molecule has 0 aliphatic rings. The molecule has 0 saturated heterocycles. The normalized spacial score (nSPS) is 11.7. The molecule has 0 fully saturated rings. The summed E-state index contributed by atoms with van der Waals surface area (Å²) in [4.78, 5) is 12.0. The van der Waals surface area contributed by atoms with Crippen LogP contribution >= 0.6 is 0 Å².